The largest absolute Gasteiger partial charge is 0.466 e. The van der Waals surface area contributed by atoms with E-state index in [4.69, 9.17) is 9.57 Å². The molecule has 1 aliphatic heterocycles. The first-order chi connectivity index (χ1) is 10.9. The fraction of sp³-hybridized carbons (Fsp3) is 0.944. The predicted molar refractivity (Wildman–Crippen MR) is 94.5 cm³/mol. The molecule has 2 N–H and O–H groups in total. The Bertz CT molecular complexity index is 398. The molecule has 0 aromatic carbocycles. The maximum absolute atomic E-state index is 11.5. The lowest BCUT2D eigenvalue weighted by Gasteiger charge is -2.54. The van der Waals surface area contributed by atoms with Crippen LogP contribution < -0.4 is 5.32 Å². The van der Waals surface area contributed by atoms with Crippen LogP contribution in [0.4, 0.5) is 0 Å². The van der Waals surface area contributed by atoms with Crippen molar-refractivity contribution in [1.29, 1.82) is 0 Å². The van der Waals surface area contributed by atoms with Gasteiger partial charge in [0.25, 0.3) is 0 Å². The van der Waals surface area contributed by atoms with Crippen molar-refractivity contribution in [2.24, 2.45) is 0 Å². The summed E-state index contributed by atoms with van der Waals surface area (Å²) in [5, 5.41) is 15.5. The molecule has 0 radical (unpaired) electrons. The van der Waals surface area contributed by atoms with Gasteiger partial charge >= 0.3 is 5.97 Å². The van der Waals surface area contributed by atoms with Crippen molar-refractivity contribution in [2.75, 3.05) is 19.8 Å². The third-order valence-electron chi connectivity index (χ3n) is 4.21. The first-order valence-corrected chi connectivity index (χ1v) is 8.92. The molecule has 0 atom stereocenters. The van der Waals surface area contributed by atoms with Gasteiger partial charge in [-0.05, 0) is 61.3 Å². The molecular formula is C18H36N2O4. The zero-order valence-electron chi connectivity index (χ0n) is 16.4. The summed E-state index contributed by atoms with van der Waals surface area (Å²) in [7, 11) is 0. The Hall–Kier alpha value is -0.690. The number of aliphatic hydroxyl groups is 1. The molecule has 6 heteroatoms. The van der Waals surface area contributed by atoms with Crippen LogP contribution in [0, 0.1) is 0 Å². The first kappa shape index (κ1) is 21.4. The molecule has 1 rings (SSSR count). The second-order valence-corrected chi connectivity index (χ2v) is 8.62. The summed E-state index contributed by atoms with van der Waals surface area (Å²) in [5.74, 6) is -0.158. The number of ether oxygens (including phenoxy) is 1. The summed E-state index contributed by atoms with van der Waals surface area (Å²) < 4.78 is 4.96. The Morgan fingerprint density at radius 3 is 2.25 bits per heavy atom. The van der Waals surface area contributed by atoms with Gasteiger partial charge < -0.3 is 15.2 Å². The van der Waals surface area contributed by atoms with Gasteiger partial charge in [-0.25, -0.2) is 0 Å². The van der Waals surface area contributed by atoms with Crippen LogP contribution in [0.5, 0.6) is 0 Å². The van der Waals surface area contributed by atoms with Crippen molar-refractivity contribution in [3.8, 4) is 0 Å². The van der Waals surface area contributed by atoms with Crippen LogP contribution in [0.1, 0.15) is 67.7 Å². The highest BCUT2D eigenvalue weighted by Gasteiger charge is 2.46. The monoisotopic (exact) mass is 344 g/mol. The predicted octanol–water partition coefficient (Wildman–Crippen LogP) is 2.25. The normalized spacial score (nSPS) is 21.7. The third-order valence-corrected chi connectivity index (χ3v) is 4.21. The van der Waals surface area contributed by atoms with E-state index in [0.29, 0.717) is 25.6 Å². The lowest BCUT2D eigenvalue weighted by molar-refractivity contribution is -0.299. The van der Waals surface area contributed by atoms with Gasteiger partial charge in [0.05, 0.1) is 25.2 Å². The average Bonchev–Trinajstić information content (AvgIpc) is 2.34. The number of hydrogen-bond donors (Lipinski definition) is 2. The summed E-state index contributed by atoms with van der Waals surface area (Å²) >= 11 is 0. The molecule has 0 bridgehead atoms. The highest BCUT2D eigenvalue weighted by atomic mass is 16.7. The first-order valence-electron chi connectivity index (χ1n) is 8.92. The molecule has 1 fully saturated rings. The number of rotatable bonds is 8. The van der Waals surface area contributed by atoms with Gasteiger partial charge in [0.2, 0.25) is 0 Å². The Labute approximate surface area is 146 Å². The molecule has 0 aromatic rings. The van der Waals surface area contributed by atoms with Crippen LogP contribution in [0.2, 0.25) is 0 Å². The molecule has 0 amide bonds. The number of nitrogens with one attached hydrogen (secondary N) is 1. The standard InChI is InChI=1S/C18H36N2O4/c1-8-23-15(21)9-10-19-14-11-16(2,3)20(17(4,5)12-14)24-13-18(6,7)22/h14,19,22H,8-13H2,1-7H3. The lowest BCUT2D eigenvalue weighted by Crippen LogP contribution is -2.64. The molecule has 0 unspecified atom stereocenters. The van der Waals surface area contributed by atoms with Gasteiger partial charge in [-0.3, -0.25) is 9.63 Å². The van der Waals surface area contributed by atoms with Crippen molar-refractivity contribution in [3.05, 3.63) is 0 Å². The fourth-order valence-electron chi connectivity index (χ4n) is 3.59. The SMILES string of the molecule is CCOC(=O)CCNC1CC(C)(C)N(OCC(C)(C)O)C(C)(C)C1. The number of carbonyl (C=O) groups is 1. The van der Waals surface area contributed by atoms with E-state index in [0.717, 1.165) is 12.8 Å². The molecule has 1 saturated heterocycles. The van der Waals surface area contributed by atoms with Crippen LogP contribution in [0.25, 0.3) is 0 Å². The van der Waals surface area contributed by atoms with Crippen LogP contribution in [-0.2, 0) is 14.4 Å². The van der Waals surface area contributed by atoms with E-state index in [1.54, 1.807) is 13.8 Å². The number of nitrogens with zero attached hydrogens (tertiary/aromatic N) is 1. The topological polar surface area (TPSA) is 71.0 Å². The minimum atomic E-state index is -0.860. The number of carbonyl (C=O) groups excluding carboxylic acids is 1. The maximum atomic E-state index is 11.5. The molecule has 6 nitrogen and oxygen atoms in total. The highest BCUT2D eigenvalue weighted by Crippen LogP contribution is 2.38. The van der Waals surface area contributed by atoms with E-state index in [1.165, 1.54) is 0 Å². The summed E-state index contributed by atoms with van der Waals surface area (Å²) in [6.45, 7) is 15.2. The Morgan fingerprint density at radius 1 is 1.25 bits per heavy atom. The van der Waals surface area contributed by atoms with E-state index < -0.39 is 5.60 Å². The molecule has 1 heterocycles. The summed E-state index contributed by atoms with van der Waals surface area (Å²) in [5.41, 5.74) is -1.20. The van der Waals surface area contributed by atoms with Crippen LogP contribution in [-0.4, -0.2) is 58.6 Å². The van der Waals surface area contributed by atoms with Gasteiger partial charge in [0, 0.05) is 23.7 Å². The van der Waals surface area contributed by atoms with Crippen LogP contribution in [0.15, 0.2) is 0 Å². The molecular weight excluding hydrogens is 308 g/mol. The van der Waals surface area contributed by atoms with E-state index in [2.05, 4.69) is 33.0 Å². The average molecular weight is 344 g/mol. The van der Waals surface area contributed by atoms with Crippen LogP contribution >= 0.6 is 0 Å². The summed E-state index contributed by atoms with van der Waals surface area (Å²) in [6.07, 6.45) is 2.21. The molecule has 0 saturated carbocycles. The van der Waals surface area contributed by atoms with E-state index >= 15 is 0 Å². The second-order valence-electron chi connectivity index (χ2n) is 8.62. The molecule has 0 aromatic heterocycles. The minimum Gasteiger partial charge on any atom is -0.466 e. The molecule has 0 aliphatic carbocycles. The Kier molecular flexibility index (Phi) is 7.23. The van der Waals surface area contributed by atoms with Gasteiger partial charge in [0.1, 0.15) is 0 Å². The van der Waals surface area contributed by atoms with Gasteiger partial charge in [0.15, 0.2) is 0 Å². The van der Waals surface area contributed by atoms with Crippen molar-refractivity contribution in [3.63, 3.8) is 0 Å². The van der Waals surface area contributed by atoms with E-state index in [1.807, 2.05) is 12.0 Å². The zero-order valence-corrected chi connectivity index (χ0v) is 16.4. The highest BCUT2D eigenvalue weighted by molar-refractivity contribution is 5.69. The number of hydroxylamine groups is 2. The van der Waals surface area contributed by atoms with Crippen LogP contribution in [0.3, 0.4) is 0 Å². The Morgan fingerprint density at radius 2 is 1.79 bits per heavy atom. The fourth-order valence-corrected chi connectivity index (χ4v) is 3.59. The smallest absolute Gasteiger partial charge is 0.307 e. The van der Waals surface area contributed by atoms with E-state index in [9.17, 15) is 9.90 Å². The maximum Gasteiger partial charge on any atom is 0.307 e. The van der Waals surface area contributed by atoms with Gasteiger partial charge in [-0.15, -0.1) is 0 Å². The van der Waals surface area contributed by atoms with Crippen molar-refractivity contribution < 1.29 is 19.5 Å². The van der Waals surface area contributed by atoms with Crippen molar-refractivity contribution in [2.45, 2.75) is 90.4 Å². The van der Waals surface area contributed by atoms with Gasteiger partial charge in [-0.2, -0.15) is 5.06 Å². The Balaban J connectivity index is 2.61. The molecule has 0 spiro atoms. The molecule has 142 valence electrons. The summed E-state index contributed by atoms with van der Waals surface area (Å²) in [4.78, 5) is 17.4. The number of hydrogen-bond acceptors (Lipinski definition) is 6. The van der Waals surface area contributed by atoms with Crippen molar-refractivity contribution >= 4 is 5.97 Å². The van der Waals surface area contributed by atoms with E-state index in [-0.39, 0.29) is 23.7 Å². The molecule has 1 aliphatic rings. The second kappa shape index (κ2) is 8.13. The van der Waals surface area contributed by atoms with Gasteiger partial charge in [-0.1, -0.05) is 0 Å². The number of esters is 1. The quantitative estimate of drug-likeness (QED) is 0.658. The third kappa shape index (κ3) is 6.67. The lowest BCUT2D eigenvalue weighted by atomic mass is 9.79. The molecule has 24 heavy (non-hydrogen) atoms. The van der Waals surface area contributed by atoms with Crippen molar-refractivity contribution in [1.82, 2.24) is 10.4 Å². The summed E-state index contributed by atoms with van der Waals surface area (Å²) in [6, 6.07) is 0.311. The zero-order chi connectivity index (χ0) is 18.6. The minimum absolute atomic E-state index is 0.158. The number of piperidine rings is 1.